The highest BCUT2D eigenvalue weighted by molar-refractivity contribution is 6.11. The van der Waals surface area contributed by atoms with E-state index in [0.717, 1.165) is 51.8 Å². The van der Waals surface area contributed by atoms with Gasteiger partial charge in [0.25, 0.3) is 0 Å². The minimum absolute atomic E-state index is 0.245. The average Bonchev–Trinajstić information content (AvgIpc) is 1.51. The van der Waals surface area contributed by atoms with Gasteiger partial charge in [0, 0.05) is 73.3 Å². The van der Waals surface area contributed by atoms with Crippen LogP contribution in [0.2, 0.25) is 0 Å². The second-order valence-corrected chi connectivity index (χ2v) is 23.9. The SMILES string of the molecule is C1=C(c2cccc(N(c3ccccc3)c3cccc4c3-c3ccccc3C43c4ccccc4-c4c(N(c5ccccc5)c5cccc(-c6ccc7c(c6)c6ccccc6n7-c6ccccc6)c5)cccc43)c2)CC2C(=C1)N(c1ccccc1)c1ccccc12. The Hall–Kier alpha value is -11.5. The third kappa shape index (κ3) is 7.73. The largest absolute Gasteiger partial charge is 0.313 e. The molecule has 0 N–H and O–H groups in total. The number of rotatable bonds is 10. The van der Waals surface area contributed by atoms with Crippen LogP contribution in [-0.4, -0.2) is 4.57 Å². The van der Waals surface area contributed by atoms with E-state index < -0.39 is 5.41 Å². The molecule has 4 nitrogen and oxygen atoms in total. The molecule has 0 saturated heterocycles. The van der Waals surface area contributed by atoms with Crippen molar-refractivity contribution < 1.29 is 0 Å². The molecule has 2 atom stereocenters. The molecule has 1 aromatic heterocycles. The molecule has 0 saturated carbocycles. The van der Waals surface area contributed by atoms with E-state index in [1.165, 1.54) is 106 Å². The van der Waals surface area contributed by atoms with Crippen molar-refractivity contribution in [2.75, 3.05) is 14.7 Å². The molecule has 1 aliphatic heterocycles. The Balaban J connectivity index is 0.783. The molecule has 0 amide bonds. The maximum absolute atomic E-state index is 2.51. The summed E-state index contributed by atoms with van der Waals surface area (Å²) < 4.78 is 2.39. The molecule has 0 bridgehead atoms. The van der Waals surface area contributed by atoms with Gasteiger partial charge in [-0.15, -0.1) is 0 Å². The molecule has 13 aromatic carbocycles. The number of hydrogen-bond acceptors (Lipinski definition) is 3. The summed E-state index contributed by atoms with van der Waals surface area (Å²) in [6.45, 7) is 0. The summed E-state index contributed by atoms with van der Waals surface area (Å²) in [6.07, 6.45) is 5.64. The number of allylic oxidation sites excluding steroid dienone is 4. The van der Waals surface area contributed by atoms with E-state index >= 15 is 0 Å². The van der Waals surface area contributed by atoms with Gasteiger partial charge in [-0.05, 0) is 183 Å². The molecule has 3 aliphatic carbocycles. The van der Waals surface area contributed by atoms with Crippen LogP contribution >= 0.6 is 0 Å². The molecule has 2 unspecified atom stereocenters. The van der Waals surface area contributed by atoms with E-state index in [1.54, 1.807) is 0 Å². The first-order valence-electron chi connectivity index (χ1n) is 31.0. The molecule has 0 fully saturated rings. The summed E-state index contributed by atoms with van der Waals surface area (Å²) in [6, 6.07) is 119. The molecule has 1 spiro atoms. The van der Waals surface area contributed by atoms with Gasteiger partial charge in [0.2, 0.25) is 0 Å². The summed E-state index contributed by atoms with van der Waals surface area (Å²) in [4.78, 5) is 7.45. The predicted molar refractivity (Wildman–Crippen MR) is 370 cm³/mol. The van der Waals surface area contributed by atoms with Gasteiger partial charge in [0.05, 0.1) is 27.8 Å². The molecule has 4 aliphatic rings. The van der Waals surface area contributed by atoms with Crippen LogP contribution in [0.25, 0.3) is 66.4 Å². The van der Waals surface area contributed by atoms with E-state index in [4.69, 9.17) is 0 Å². The van der Waals surface area contributed by atoms with Crippen molar-refractivity contribution >= 4 is 72.9 Å². The van der Waals surface area contributed by atoms with Crippen molar-refractivity contribution in [2.24, 2.45) is 0 Å². The zero-order valence-corrected chi connectivity index (χ0v) is 48.8. The number of para-hydroxylation sites is 6. The monoisotopic (exact) mass is 1130 g/mol. The Morgan fingerprint density at radius 1 is 0.337 bits per heavy atom. The van der Waals surface area contributed by atoms with Gasteiger partial charge < -0.3 is 19.3 Å². The summed E-state index contributed by atoms with van der Waals surface area (Å²) in [5.74, 6) is 0.245. The van der Waals surface area contributed by atoms with E-state index in [-0.39, 0.29) is 5.92 Å². The number of nitrogens with zero attached hydrogens (tertiary/aromatic N) is 4. The fraction of sp³-hybridized carbons (Fsp3) is 0.0353. The van der Waals surface area contributed by atoms with Crippen LogP contribution in [0.3, 0.4) is 0 Å². The van der Waals surface area contributed by atoms with Crippen LogP contribution in [0.1, 0.15) is 45.7 Å². The van der Waals surface area contributed by atoms with Crippen molar-refractivity contribution in [3.8, 4) is 39.1 Å². The summed E-state index contributed by atoms with van der Waals surface area (Å²) in [7, 11) is 0. The van der Waals surface area contributed by atoms with Gasteiger partial charge in [-0.25, -0.2) is 0 Å². The maximum atomic E-state index is 2.51. The Morgan fingerprint density at radius 2 is 0.820 bits per heavy atom. The molecular weight excluding hydrogens is 1080 g/mol. The molecular formula is C85H58N4. The van der Waals surface area contributed by atoms with Crippen LogP contribution in [0.15, 0.2) is 339 Å². The van der Waals surface area contributed by atoms with Gasteiger partial charge in [-0.2, -0.15) is 0 Å². The van der Waals surface area contributed by atoms with Gasteiger partial charge in [0.1, 0.15) is 0 Å². The molecule has 14 aromatic rings. The molecule has 418 valence electrons. The Labute approximate surface area is 518 Å². The highest BCUT2D eigenvalue weighted by Gasteiger charge is 2.53. The third-order valence-corrected chi connectivity index (χ3v) is 19.3. The molecule has 18 rings (SSSR count). The molecule has 2 heterocycles. The van der Waals surface area contributed by atoms with E-state index in [9.17, 15) is 0 Å². The van der Waals surface area contributed by atoms with Crippen molar-refractivity contribution in [3.63, 3.8) is 0 Å². The van der Waals surface area contributed by atoms with Crippen molar-refractivity contribution in [2.45, 2.75) is 17.8 Å². The Morgan fingerprint density at radius 3 is 1.47 bits per heavy atom. The second kappa shape index (κ2) is 20.3. The van der Waals surface area contributed by atoms with Gasteiger partial charge in [-0.1, -0.05) is 218 Å². The van der Waals surface area contributed by atoms with Gasteiger partial charge in [0.15, 0.2) is 0 Å². The minimum atomic E-state index is -0.630. The fourth-order valence-electron chi connectivity index (χ4n) is 15.7. The van der Waals surface area contributed by atoms with Crippen molar-refractivity contribution in [1.82, 2.24) is 4.57 Å². The first kappa shape index (κ1) is 50.8. The first-order chi connectivity index (χ1) is 44.2. The van der Waals surface area contributed by atoms with E-state index in [2.05, 4.69) is 353 Å². The van der Waals surface area contributed by atoms with Crippen LogP contribution < -0.4 is 14.7 Å². The fourth-order valence-corrected chi connectivity index (χ4v) is 15.7. The average molecular weight is 1140 g/mol. The molecule has 4 heteroatoms. The number of fused-ring (bicyclic) bond motifs is 16. The van der Waals surface area contributed by atoms with Gasteiger partial charge in [-0.3, -0.25) is 0 Å². The third-order valence-electron chi connectivity index (χ3n) is 19.3. The van der Waals surface area contributed by atoms with E-state index in [1.807, 2.05) is 0 Å². The highest BCUT2D eigenvalue weighted by Crippen LogP contribution is 2.66. The smallest absolute Gasteiger partial charge is 0.0727 e. The lowest BCUT2D eigenvalue weighted by Gasteiger charge is -2.33. The summed E-state index contributed by atoms with van der Waals surface area (Å²) in [5.41, 5.74) is 29.8. The van der Waals surface area contributed by atoms with Crippen LogP contribution in [0.4, 0.5) is 45.5 Å². The highest BCUT2D eigenvalue weighted by atomic mass is 15.2. The molecule has 89 heavy (non-hydrogen) atoms. The normalized spacial score (nSPS) is 15.6. The Kier molecular flexibility index (Phi) is 11.6. The summed E-state index contributed by atoms with van der Waals surface area (Å²) in [5, 5.41) is 2.47. The predicted octanol–water partition coefficient (Wildman–Crippen LogP) is 22.3. The summed E-state index contributed by atoms with van der Waals surface area (Å²) >= 11 is 0. The van der Waals surface area contributed by atoms with Crippen molar-refractivity contribution in [3.05, 3.63) is 373 Å². The van der Waals surface area contributed by atoms with Crippen molar-refractivity contribution in [1.29, 1.82) is 0 Å². The zero-order chi connectivity index (χ0) is 58.6. The zero-order valence-electron chi connectivity index (χ0n) is 48.8. The molecule has 0 radical (unpaired) electrons. The number of aromatic nitrogens is 1. The topological polar surface area (TPSA) is 14.7 Å². The lowest BCUT2D eigenvalue weighted by molar-refractivity contribution is 0.793. The second-order valence-electron chi connectivity index (χ2n) is 23.9. The maximum Gasteiger partial charge on any atom is 0.0727 e. The lowest BCUT2D eigenvalue weighted by atomic mass is 9.70. The number of hydrogen-bond donors (Lipinski definition) is 0. The van der Waals surface area contributed by atoms with Crippen LogP contribution in [0.5, 0.6) is 0 Å². The van der Waals surface area contributed by atoms with E-state index in [0.29, 0.717) is 0 Å². The standard InChI is InChI=1S/C85H58N4/c1-5-27-61(28-6-1)86(65-35-21-25-57(53-65)59-49-51-79-71(55-59)67-37-15-19-45-77(67)88(79)63-31-9-3-10-32-63)81-47-23-43-75-83(81)69-39-13-17-41-73(69)85(75)74-42-18-14-40-70(74)84-76(85)44-24-48-82(84)87(62-29-7-2-8-30-62)66-36-22-26-58(54-66)60-50-52-80-72(56-60)68-38-16-20-46-78(68)89(80)64-33-11-4-12-34-64/h1-55,72H,56H2. The minimum Gasteiger partial charge on any atom is -0.313 e. The number of anilines is 8. The first-order valence-corrected chi connectivity index (χ1v) is 31.0. The Bertz CT molecular complexity index is 5200. The quantitative estimate of drug-likeness (QED) is 0.136. The van der Waals surface area contributed by atoms with Crippen LogP contribution in [0, 0.1) is 0 Å². The number of benzene rings is 13. The van der Waals surface area contributed by atoms with Crippen LogP contribution in [-0.2, 0) is 5.41 Å². The van der Waals surface area contributed by atoms with Gasteiger partial charge >= 0.3 is 0 Å². The lowest BCUT2D eigenvalue weighted by Crippen LogP contribution is -2.26.